The third-order valence-electron chi connectivity index (χ3n) is 4.98. The maximum absolute atomic E-state index is 4.82. The first-order chi connectivity index (χ1) is 10.3. The molecule has 0 N–H and O–H groups in total. The van der Waals surface area contributed by atoms with Crippen LogP contribution >= 0.6 is 11.3 Å². The number of para-hydroxylation sites is 1. The van der Waals surface area contributed by atoms with Crippen LogP contribution in [0, 0.1) is 0 Å². The molecule has 0 saturated carbocycles. The van der Waals surface area contributed by atoms with Gasteiger partial charge in [-0.05, 0) is 44.5 Å². The molecule has 21 heavy (non-hydrogen) atoms. The van der Waals surface area contributed by atoms with Crippen LogP contribution in [0.2, 0.25) is 0 Å². The molecule has 4 rings (SSSR count). The summed E-state index contributed by atoms with van der Waals surface area (Å²) in [5.74, 6) is 0. The molecule has 1 aromatic heterocycles. The average Bonchev–Trinajstić information content (AvgIpc) is 3.10. The van der Waals surface area contributed by atoms with Crippen LogP contribution in [-0.2, 0) is 12.0 Å². The number of benzene rings is 1. The van der Waals surface area contributed by atoms with Gasteiger partial charge in [0.05, 0.1) is 16.9 Å². The van der Waals surface area contributed by atoms with Crippen molar-refractivity contribution in [1.29, 1.82) is 0 Å². The summed E-state index contributed by atoms with van der Waals surface area (Å²) in [6.07, 6.45) is 2.34. The lowest BCUT2D eigenvalue weighted by Gasteiger charge is -2.40. The average molecular weight is 297 g/mol. The molecule has 2 aliphatic heterocycles. The van der Waals surface area contributed by atoms with E-state index in [1.165, 1.54) is 35.5 Å². The van der Waals surface area contributed by atoms with E-state index < -0.39 is 0 Å². The van der Waals surface area contributed by atoms with Crippen LogP contribution in [0.5, 0.6) is 0 Å². The van der Waals surface area contributed by atoms with Gasteiger partial charge in [0.1, 0.15) is 0 Å². The van der Waals surface area contributed by atoms with E-state index in [0.717, 1.165) is 19.6 Å². The Kier molecular flexibility index (Phi) is 3.16. The van der Waals surface area contributed by atoms with E-state index in [1.807, 2.05) is 5.51 Å². The van der Waals surface area contributed by atoms with Gasteiger partial charge in [-0.2, -0.15) is 0 Å². The van der Waals surface area contributed by atoms with Gasteiger partial charge in [-0.1, -0.05) is 18.2 Å². The summed E-state index contributed by atoms with van der Waals surface area (Å²) in [5, 5.41) is 2.15. The van der Waals surface area contributed by atoms with Crippen molar-refractivity contribution in [1.82, 2.24) is 9.88 Å². The Labute approximate surface area is 129 Å². The number of nitrogens with zero attached hydrogens (tertiary/aromatic N) is 3. The lowest BCUT2D eigenvalue weighted by molar-refractivity contribution is 0.184. The summed E-state index contributed by atoms with van der Waals surface area (Å²) >= 11 is 1.68. The van der Waals surface area contributed by atoms with E-state index >= 15 is 0 Å². The number of fused-ring (bicyclic) bond motifs is 2. The molecule has 0 amide bonds. The van der Waals surface area contributed by atoms with E-state index in [9.17, 15) is 0 Å². The Balaban J connectivity index is 1.53. The van der Waals surface area contributed by atoms with Gasteiger partial charge in [-0.25, -0.2) is 4.98 Å². The summed E-state index contributed by atoms with van der Waals surface area (Å²) in [6, 6.07) is 8.66. The molecule has 0 aliphatic carbocycles. The number of hydrogen-bond donors (Lipinski definition) is 0. The lowest BCUT2D eigenvalue weighted by atomic mass is 9.71. The molecule has 0 atom stereocenters. The first-order valence-electron chi connectivity index (χ1n) is 7.53. The molecule has 3 heterocycles. The van der Waals surface area contributed by atoms with Crippen molar-refractivity contribution in [2.75, 3.05) is 13.1 Å². The predicted octanol–water partition coefficient (Wildman–Crippen LogP) is 3.78. The summed E-state index contributed by atoms with van der Waals surface area (Å²) in [6.45, 7) is 5.44. The molecule has 1 aromatic carbocycles. The van der Waals surface area contributed by atoms with Gasteiger partial charge < -0.3 is 0 Å². The Morgan fingerprint density at radius 1 is 1.24 bits per heavy atom. The molecule has 0 radical (unpaired) electrons. The minimum absolute atomic E-state index is 0.190. The molecule has 0 bridgehead atoms. The van der Waals surface area contributed by atoms with E-state index in [1.54, 1.807) is 11.3 Å². The first kappa shape index (κ1) is 13.2. The zero-order valence-electron chi connectivity index (χ0n) is 12.2. The van der Waals surface area contributed by atoms with E-state index in [4.69, 9.17) is 4.99 Å². The molecule has 108 valence electrons. The highest BCUT2D eigenvalue weighted by Gasteiger charge is 2.43. The smallest absolute Gasteiger partial charge is 0.0795 e. The van der Waals surface area contributed by atoms with Gasteiger partial charge in [-0.3, -0.25) is 9.89 Å². The zero-order chi connectivity index (χ0) is 14.3. The van der Waals surface area contributed by atoms with E-state index in [-0.39, 0.29) is 5.41 Å². The van der Waals surface area contributed by atoms with Crippen molar-refractivity contribution in [3.8, 4) is 0 Å². The predicted molar refractivity (Wildman–Crippen MR) is 87.5 cm³/mol. The highest BCUT2D eigenvalue weighted by molar-refractivity contribution is 7.07. The highest BCUT2D eigenvalue weighted by Crippen LogP contribution is 2.46. The van der Waals surface area contributed by atoms with Crippen molar-refractivity contribution in [3.63, 3.8) is 0 Å². The molecule has 1 saturated heterocycles. The molecule has 3 nitrogen and oxygen atoms in total. The van der Waals surface area contributed by atoms with Crippen molar-refractivity contribution in [2.45, 2.75) is 31.7 Å². The number of aliphatic imine (C=N–C) groups is 1. The van der Waals surface area contributed by atoms with Gasteiger partial charge >= 0.3 is 0 Å². The lowest BCUT2D eigenvalue weighted by Crippen LogP contribution is -2.44. The van der Waals surface area contributed by atoms with Crippen LogP contribution < -0.4 is 0 Å². The van der Waals surface area contributed by atoms with Crippen LogP contribution in [0.4, 0.5) is 5.69 Å². The Morgan fingerprint density at radius 3 is 2.81 bits per heavy atom. The molecular weight excluding hydrogens is 278 g/mol. The minimum Gasteiger partial charge on any atom is -0.297 e. The van der Waals surface area contributed by atoms with Gasteiger partial charge in [0.2, 0.25) is 0 Å². The number of hydrogen-bond acceptors (Lipinski definition) is 4. The molecule has 4 heteroatoms. The summed E-state index contributed by atoms with van der Waals surface area (Å²) in [4.78, 5) is 11.7. The second kappa shape index (κ2) is 5.04. The topological polar surface area (TPSA) is 28.5 Å². The van der Waals surface area contributed by atoms with Gasteiger partial charge in [0.25, 0.3) is 0 Å². The third kappa shape index (κ3) is 2.14. The SMILES string of the molecule is CC1=Nc2ccccc2C12CCN(Cc1cscn1)CC2. The molecule has 2 aliphatic rings. The van der Waals surface area contributed by atoms with E-state index in [2.05, 4.69) is 46.5 Å². The standard InChI is InChI=1S/C17H19N3S/c1-13-17(15-4-2-3-5-16(15)19-13)6-8-20(9-7-17)10-14-11-21-12-18-14/h2-5,11-12H,6-10H2,1H3. The maximum Gasteiger partial charge on any atom is 0.0795 e. The molecule has 1 spiro atoms. The molecule has 1 fully saturated rings. The van der Waals surface area contributed by atoms with Crippen molar-refractivity contribution < 1.29 is 0 Å². The fourth-order valence-electron chi connectivity index (χ4n) is 3.73. The van der Waals surface area contributed by atoms with Crippen molar-refractivity contribution in [2.24, 2.45) is 4.99 Å². The van der Waals surface area contributed by atoms with Crippen LogP contribution in [0.25, 0.3) is 0 Å². The number of thiazole rings is 1. The van der Waals surface area contributed by atoms with Gasteiger partial charge in [0.15, 0.2) is 0 Å². The van der Waals surface area contributed by atoms with Gasteiger partial charge in [-0.15, -0.1) is 11.3 Å². The van der Waals surface area contributed by atoms with Crippen LogP contribution in [0.3, 0.4) is 0 Å². The highest BCUT2D eigenvalue weighted by atomic mass is 32.1. The molecular formula is C17H19N3S. The Bertz CT molecular complexity index is 667. The molecule has 0 unspecified atom stereocenters. The number of rotatable bonds is 2. The summed E-state index contributed by atoms with van der Waals surface area (Å²) < 4.78 is 0. The number of aromatic nitrogens is 1. The van der Waals surface area contributed by atoms with Crippen LogP contribution in [-0.4, -0.2) is 28.7 Å². The monoisotopic (exact) mass is 297 g/mol. The van der Waals surface area contributed by atoms with E-state index in [0.29, 0.717) is 0 Å². The first-order valence-corrected chi connectivity index (χ1v) is 8.47. The van der Waals surface area contributed by atoms with Crippen molar-refractivity contribution >= 4 is 22.7 Å². The van der Waals surface area contributed by atoms with Gasteiger partial charge in [0, 0.05) is 23.1 Å². The fourth-order valence-corrected chi connectivity index (χ4v) is 4.28. The normalized spacial score (nSPS) is 20.5. The number of likely N-dealkylation sites (tertiary alicyclic amines) is 1. The summed E-state index contributed by atoms with van der Waals surface area (Å²) in [5.41, 5.74) is 7.24. The largest absolute Gasteiger partial charge is 0.297 e. The Morgan fingerprint density at radius 2 is 2.05 bits per heavy atom. The quantitative estimate of drug-likeness (QED) is 0.844. The zero-order valence-corrected chi connectivity index (χ0v) is 13.1. The second-order valence-electron chi connectivity index (χ2n) is 6.05. The fraction of sp³-hybridized carbons (Fsp3) is 0.412. The summed E-state index contributed by atoms with van der Waals surface area (Å²) in [7, 11) is 0. The maximum atomic E-state index is 4.82. The number of piperidine rings is 1. The van der Waals surface area contributed by atoms with Crippen LogP contribution in [0.15, 0.2) is 40.1 Å². The van der Waals surface area contributed by atoms with Crippen molar-refractivity contribution in [3.05, 3.63) is 46.4 Å². The Hall–Kier alpha value is -1.52. The van der Waals surface area contributed by atoms with Crippen LogP contribution in [0.1, 0.15) is 31.0 Å². The third-order valence-corrected chi connectivity index (χ3v) is 5.61. The minimum atomic E-state index is 0.190. The molecule has 2 aromatic rings. The second-order valence-corrected chi connectivity index (χ2v) is 6.77.